The van der Waals surface area contributed by atoms with Crippen LogP contribution >= 0.6 is 0 Å². The van der Waals surface area contributed by atoms with E-state index in [0.717, 1.165) is 0 Å². The molecule has 31 heavy (non-hydrogen) atoms. The van der Waals surface area contributed by atoms with Crippen molar-refractivity contribution in [2.75, 3.05) is 6.61 Å². The summed E-state index contributed by atoms with van der Waals surface area (Å²) in [6.45, 7) is 2.08. The second kappa shape index (κ2) is 7.31. The Bertz CT molecular complexity index is 1490. The lowest BCUT2D eigenvalue weighted by atomic mass is 10.2. The Morgan fingerprint density at radius 2 is 2.03 bits per heavy atom. The molecule has 0 saturated heterocycles. The third kappa shape index (κ3) is 3.21. The fourth-order valence-corrected chi connectivity index (χ4v) is 3.49. The number of benzene rings is 2. The zero-order valence-electron chi connectivity index (χ0n) is 16.3. The van der Waals surface area contributed by atoms with Crippen LogP contribution < -0.4 is 10.4 Å². The summed E-state index contributed by atoms with van der Waals surface area (Å²) < 4.78 is 36.3. The number of H-pyrrole nitrogens is 1. The van der Waals surface area contributed by atoms with Gasteiger partial charge in [-0.1, -0.05) is 12.1 Å². The van der Waals surface area contributed by atoms with Crippen LogP contribution in [0, 0.1) is 11.6 Å². The summed E-state index contributed by atoms with van der Waals surface area (Å²) in [4.78, 5) is 28.3. The van der Waals surface area contributed by atoms with Gasteiger partial charge in [0, 0.05) is 11.6 Å². The Hall–Kier alpha value is -4.08. The summed E-state index contributed by atoms with van der Waals surface area (Å²) in [6, 6.07) is 8.76. The molecule has 0 aliphatic carbocycles. The van der Waals surface area contributed by atoms with E-state index in [9.17, 15) is 13.6 Å². The first-order valence-electron chi connectivity index (χ1n) is 9.54. The molecule has 0 atom stereocenters. The monoisotopic (exact) mass is 422 g/mol. The van der Waals surface area contributed by atoms with Crippen LogP contribution in [0.25, 0.3) is 28.1 Å². The van der Waals surface area contributed by atoms with E-state index in [0.29, 0.717) is 27.8 Å². The molecule has 5 aromatic rings. The predicted octanol–water partition coefficient (Wildman–Crippen LogP) is 3.18. The molecule has 156 valence electrons. The van der Waals surface area contributed by atoms with Gasteiger partial charge in [0.1, 0.15) is 17.7 Å². The van der Waals surface area contributed by atoms with Crippen LogP contribution in [0.4, 0.5) is 8.78 Å². The van der Waals surface area contributed by atoms with E-state index < -0.39 is 17.3 Å². The molecule has 2 aromatic carbocycles. The fraction of sp³-hybridized carbons (Fsp3) is 0.143. The number of nitrogens with zero attached hydrogens (tertiary/aromatic N) is 5. The van der Waals surface area contributed by atoms with Crippen LogP contribution in [0.3, 0.4) is 0 Å². The number of imidazole rings is 2. The minimum atomic E-state index is -0.505. The number of ether oxygens (including phenoxy) is 1. The third-order valence-corrected chi connectivity index (χ3v) is 4.89. The molecule has 0 unspecified atom stereocenters. The normalized spacial score (nSPS) is 11.5. The lowest BCUT2D eigenvalue weighted by Crippen LogP contribution is -2.18. The second-order valence-corrected chi connectivity index (χ2v) is 6.83. The van der Waals surface area contributed by atoms with Gasteiger partial charge in [-0.15, -0.1) is 0 Å². The molecule has 0 amide bonds. The average molecular weight is 422 g/mol. The topological polar surface area (TPSA) is 90.6 Å². The van der Waals surface area contributed by atoms with Crippen molar-refractivity contribution < 1.29 is 13.5 Å². The van der Waals surface area contributed by atoms with E-state index in [4.69, 9.17) is 4.74 Å². The van der Waals surface area contributed by atoms with E-state index in [1.54, 1.807) is 25.1 Å². The molecule has 1 N–H and O–H groups in total. The van der Waals surface area contributed by atoms with Gasteiger partial charge >= 0.3 is 5.69 Å². The van der Waals surface area contributed by atoms with Gasteiger partial charge in [0.15, 0.2) is 17.2 Å². The van der Waals surface area contributed by atoms with E-state index >= 15 is 0 Å². The molecule has 0 radical (unpaired) electrons. The number of aromatic nitrogens is 6. The van der Waals surface area contributed by atoms with Crippen molar-refractivity contribution in [2.24, 2.45) is 0 Å². The molecular formula is C21H16F2N6O2. The maximum absolute atomic E-state index is 14.2. The van der Waals surface area contributed by atoms with Crippen LogP contribution in [0.2, 0.25) is 0 Å². The lowest BCUT2D eigenvalue weighted by molar-refractivity contribution is 0.317. The maximum Gasteiger partial charge on any atom is 0.328 e. The highest BCUT2D eigenvalue weighted by atomic mass is 19.1. The summed E-state index contributed by atoms with van der Waals surface area (Å²) in [7, 11) is 0. The molecular weight excluding hydrogens is 406 g/mol. The number of rotatable bonds is 5. The van der Waals surface area contributed by atoms with Crippen molar-refractivity contribution in [3.63, 3.8) is 0 Å². The Morgan fingerprint density at radius 3 is 2.87 bits per heavy atom. The van der Waals surface area contributed by atoms with Crippen molar-refractivity contribution in [1.82, 2.24) is 29.1 Å². The number of nitrogens with one attached hydrogen (secondary N) is 1. The van der Waals surface area contributed by atoms with E-state index in [1.807, 2.05) is 0 Å². The van der Waals surface area contributed by atoms with Crippen LogP contribution in [-0.4, -0.2) is 35.7 Å². The Kier molecular flexibility index (Phi) is 4.46. The van der Waals surface area contributed by atoms with Crippen LogP contribution in [-0.2, 0) is 6.54 Å². The lowest BCUT2D eigenvalue weighted by Gasteiger charge is -2.11. The van der Waals surface area contributed by atoms with E-state index in [-0.39, 0.29) is 24.8 Å². The summed E-state index contributed by atoms with van der Waals surface area (Å²) in [6.07, 6.45) is 2.95. The maximum atomic E-state index is 14.2. The summed E-state index contributed by atoms with van der Waals surface area (Å²) in [5.74, 6) is -0.605. The Labute approximate surface area is 173 Å². The molecule has 8 nitrogen and oxygen atoms in total. The number of halogens is 2. The number of para-hydroxylation sites is 1. The van der Waals surface area contributed by atoms with Gasteiger partial charge in [0.05, 0.1) is 30.4 Å². The fourth-order valence-electron chi connectivity index (χ4n) is 3.49. The zero-order chi connectivity index (χ0) is 21.5. The third-order valence-electron chi connectivity index (χ3n) is 4.89. The molecule has 0 saturated carbocycles. The van der Waals surface area contributed by atoms with Gasteiger partial charge < -0.3 is 9.72 Å². The van der Waals surface area contributed by atoms with Crippen LogP contribution in [0.1, 0.15) is 12.5 Å². The summed E-state index contributed by atoms with van der Waals surface area (Å²) in [5, 5.41) is 0. The first-order chi connectivity index (χ1) is 15.0. The molecule has 5 rings (SSSR count). The number of aromatic amines is 1. The van der Waals surface area contributed by atoms with Gasteiger partial charge in [-0.3, -0.25) is 9.13 Å². The van der Waals surface area contributed by atoms with E-state index in [2.05, 4.69) is 19.9 Å². The second-order valence-electron chi connectivity index (χ2n) is 6.83. The van der Waals surface area contributed by atoms with Crippen LogP contribution in [0.5, 0.6) is 5.75 Å². The average Bonchev–Trinajstić information content (AvgIpc) is 3.30. The van der Waals surface area contributed by atoms with Gasteiger partial charge in [0.2, 0.25) is 5.95 Å². The van der Waals surface area contributed by atoms with Gasteiger partial charge in [-0.2, -0.15) is 4.98 Å². The van der Waals surface area contributed by atoms with Gasteiger partial charge in [0.25, 0.3) is 0 Å². The molecule has 0 bridgehead atoms. The number of hydrogen-bond acceptors (Lipinski definition) is 5. The van der Waals surface area contributed by atoms with Crippen molar-refractivity contribution >= 4 is 22.2 Å². The number of hydrogen-bond donors (Lipinski definition) is 1. The van der Waals surface area contributed by atoms with Crippen molar-refractivity contribution in [1.29, 1.82) is 0 Å². The largest absolute Gasteiger partial charge is 0.490 e. The quantitative estimate of drug-likeness (QED) is 0.470. The molecule has 0 spiro atoms. The van der Waals surface area contributed by atoms with E-state index in [1.165, 1.54) is 39.9 Å². The smallest absolute Gasteiger partial charge is 0.328 e. The highest BCUT2D eigenvalue weighted by Crippen LogP contribution is 2.24. The minimum absolute atomic E-state index is 0.0433. The standard InChI is InChI=1S/C21H16F2N6O2/c1-2-31-18-12(4-3-5-14(18)23)10-28-19-16(26-21(28)30)9-24-20(27-19)29-11-25-15-7-6-13(22)8-17(15)29/h3-9,11H,2,10H2,1H3,(H,26,30). The van der Waals surface area contributed by atoms with Crippen molar-refractivity contribution in [3.8, 4) is 11.7 Å². The first kappa shape index (κ1) is 18.9. The van der Waals surface area contributed by atoms with Crippen LogP contribution in [0.15, 0.2) is 53.7 Å². The molecule has 0 aliphatic rings. The minimum Gasteiger partial charge on any atom is -0.490 e. The highest BCUT2D eigenvalue weighted by Gasteiger charge is 2.16. The summed E-state index contributed by atoms with van der Waals surface area (Å²) >= 11 is 0. The Balaban J connectivity index is 1.64. The Morgan fingerprint density at radius 1 is 1.16 bits per heavy atom. The first-order valence-corrected chi connectivity index (χ1v) is 9.54. The summed E-state index contributed by atoms with van der Waals surface area (Å²) in [5.41, 5.74) is 1.89. The van der Waals surface area contributed by atoms with Gasteiger partial charge in [-0.05, 0) is 25.1 Å². The van der Waals surface area contributed by atoms with Gasteiger partial charge in [-0.25, -0.2) is 23.5 Å². The zero-order valence-corrected chi connectivity index (χ0v) is 16.3. The molecule has 0 fully saturated rings. The highest BCUT2D eigenvalue weighted by molar-refractivity contribution is 5.77. The molecule has 10 heteroatoms. The SMILES string of the molecule is CCOc1c(F)cccc1Cn1c(=O)[nH]c2cnc(-n3cnc4ccc(F)cc43)nc21. The molecule has 0 aliphatic heterocycles. The molecule has 3 aromatic heterocycles. The predicted molar refractivity (Wildman–Crippen MR) is 109 cm³/mol. The van der Waals surface area contributed by atoms with Crippen molar-refractivity contribution in [2.45, 2.75) is 13.5 Å². The number of fused-ring (bicyclic) bond motifs is 2. The van der Waals surface area contributed by atoms with Crippen molar-refractivity contribution in [3.05, 3.63) is 76.6 Å². The molecule has 3 heterocycles.